The molecule has 1 aliphatic carbocycles. The van der Waals surface area contributed by atoms with Crippen molar-refractivity contribution in [2.75, 3.05) is 50.9 Å². The average Bonchev–Trinajstić information content (AvgIpc) is 3.53. The molecule has 2 aromatic rings. The number of aromatic nitrogens is 2. The molecule has 1 spiro atoms. The number of likely N-dealkylation sites (tertiary alicyclic amines) is 1. The van der Waals surface area contributed by atoms with Crippen LogP contribution in [0.2, 0.25) is 0 Å². The Labute approximate surface area is 202 Å². The molecule has 7 heteroatoms. The zero-order chi connectivity index (χ0) is 23.0. The molecule has 34 heavy (non-hydrogen) atoms. The Kier molecular flexibility index (Phi) is 6.02. The Morgan fingerprint density at radius 2 is 1.85 bits per heavy atom. The van der Waals surface area contributed by atoms with Crippen molar-refractivity contribution >= 4 is 6.01 Å². The molecule has 1 aromatic heterocycles. The molecule has 3 aliphatic heterocycles. The van der Waals surface area contributed by atoms with E-state index < -0.39 is 0 Å². The number of hydrogen-bond acceptors (Lipinski definition) is 7. The minimum atomic E-state index is 0.230. The maximum atomic E-state index is 6.46. The van der Waals surface area contributed by atoms with Gasteiger partial charge >= 0.3 is 6.01 Å². The van der Waals surface area contributed by atoms with Crippen molar-refractivity contribution in [3.63, 3.8) is 0 Å². The standard InChI is InChI=1S/C27H38N4O3/c1-26(10-14-32-15-11-26)19-33-24-5-3-2-4-23(24)21-7-12-30(13-8-21)22-6-9-27(16-22)17-31(18-27)25-29-28-20-34-25/h2-5,20-22H,6-19H2,1H3. The van der Waals surface area contributed by atoms with Gasteiger partial charge in [-0.3, -0.25) is 0 Å². The summed E-state index contributed by atoms with van der Waals surface area (Å²) in [6, 6.07) is 10.2. The van der Waals surface area contributed by atoms with Crippen LogP contribution < -0.4 is 9.64 Å². The summed E-state index contributed by atoms with van der Waals surface area (Å²) < 4.78 is 17.4. The Morgan fingerprint density at radius 1 is 1.06 bits per heavy atom. The molecule has 1 unspecified atom stereocenters. The summed E-state index contributed by atoms with van der Waals surface area (Å²) in [5.41, 5.74) is 2.10. The van der Waals surface area contributed by atoms with Crippen LogP contribution in [0.25, 0.3) is 0 Å². The van der Waals surface area contributed by atoms with Gasteiger partial charge in [0.1, 0.15) is 5.75 Å². The summed E-state index contributed by atoms with van der Waals surface area (Å²) in [7, 11) is 0. The quantitative estimate of drug-likeness (QED) is 0.621. The summed E-state index contributed by atoms with van der Waals surface area (Å²) >= 11 is 0. The van der Waals surface area contributed by atoms with Gasteiger partial charge in [0, 0.05) is 43.2 Å². The first kappa shape index (κ1) is 22.4. The van der Waals surface area contributed by atoms with Crippen molar-refractivity contribution in [3.05, 3.63) is 36.2 Å². The van der Waals surface area contributed by atoms with Crippen molar-refractivity contribution in [2.45, 2.75) is 63.8 Å². The van der Waals surface area contributed by atoms with Gasteiger partial charge in [-0.25, -0.2) is 0 Å². The van der Waals surface area contributed by atoms with Crippen LogP contribution in [0.5, 0.6) is 5.75 Å². The second-order valence-corrected chi connectivity index (χ2v) is 11.5. The van der Waals surface area contributed by atoms with E-state index in [2.05, 4.69) is 51.2 Å². The molecule has 3 saturated heterocycles. The highest BCUT2D eigenvalue weighted by Gasteiger charge is 2.50. The maximum Gasteiger partial charge on any atom is 0.317 e. The Morgan fingerprint density at radius 3 is 2.62 bits per heavy atom. The number of anilines is 1. The van der Waals surface area contributed by atoms with Gasteiger partial charge in [0.15, 0.2) is 0 Å². The van der Waals surface area contributed by atoms with Crippen molar-refractivity contribution in [3.8, 4) is 5.75 Å². The molecular formula is C27H38N4O3. The van der Waals surface area contributed by atoms with Gasteiger partial charge in [-0.2, -0.15) is 0 Å². The molecule has 184 valence electrons. The number of piperidine rings is 1. The number of para-hydroxylation sites is 1. The number of ether oxygens (including phenoxy) is 2. The topological polar surface area (TPSA) is 63.9 Å². The molecular weight excluding hydrogens is 428 g/mol. The third-order valence-electron chi connectivity index (χ3n) is 9.03. The van der Waals surface area contributed by atoms with Crippen molar-refractivity contribution in [2.24, 2.45) is 10.8 Å². The van der Waals surface area contributed by atoms with Gasteiger partial charge in [0.25, 0.3) is 0 Å². The molecule has 6 rings (SSSR count). The van der Waals surface area contributed by atoms with E-state index in [1.54, 1.807) is 0 Å². The highest BCUT2D eigenvalue weighted by atomic mass is 16.5. The monoisotopic (exact) mass is 466 g/mol. The summed E-state index contributed by atoms with van der Waals surface area (Å²) in [4.78, 5) is 5.01. The fraction of sp³-hybridized carbons (Fsp3) is 0.704. The van der Waals surface area contributed by atoms with E-state index in [0.29, 0.717) is 17.3 Å². The maximum absolute atomic E-state index is 6.46. The SMILES string of the molecule is CC1(COc2ccccc2C2CCN(C3CCC4(C3)CN(c3nnco3)C4)CC2)CCOCC1. The first-order valence-electron chi connectivity index (χ1n) is 13.2. The smallest absolute Gasteiger partial charge is 0.317 e. The number of rotatable bonds is 6. The predicted molar refractivity (Wildman–Crippen MR) is 130 cm³/mol. The third-order valence-corrected chi connectivity index (χ3v) is 9.03. The van der Waals surface area contributed by atoms with Crippen LogP contribution >= 0.6 is 0 Å². The lowest BCUT2D eigenvalue weighted by molar-refractivity contribution is 0.00000566. The minimum absolute atomic E-state index is 0.230. The largest absolute Gasteiger partial charge is 0.493 e. The van der Waals surface area contributed by atoms with Crippen LogP contribution in [0.3, 0.4) is 0 Å². The van der Waals surface area contributed by atoms with E-state index in [1.165, 1.54) is 57.2 Å². The molecule has 1 atom stereocenters. The van der Waals surface area contributed by atoms with E-state index in [1.807, 2.05) is 0 Å². The van der Waals surface area contributed by atoms with Gasteiger partial charge in [-0.15, -0.1) is 5.10 Å². The van der Waals surface area contributed by atoms with Crippen LogP contribution in [-0.4, -0.2) is 67.1 Å². The Bertz CT molecular complexity index is 945. The lowest BCUT2D eigenvalue weighted by Gasteiger charge is -2.48. The van der Waals surface area contributed by atoms with Gasteiger partial charge < -0.3 is 23.7 Å². The molecule has 1 aromatic carbocycles. The highest BCUT2D eigenvalue weighted by molar-refractivity contribution is 5.37. The van der Waals surface area contributed by atoms with E-state index in [-0.39, 0.29) is 5.41 Å². The lowest BCUT2D eigenvalue weighted by atomic mass is 9.78. The zero-order valence-electron chi connectivity index (χ0n) is 20.5. The molecule has 7 nitrogen and oxygen atoms in total. The molecule has 4 aliphatic rings. The molecule has 0 N–H and O–H groups in total. The second-order valence-electron chi connectivity index (χ2n) is 11.5. The molecule has 4 heterocycles. The summed E-state index contributed by atoms with van der Waals surface area (Å²) in [5.74, 6) is 1.70. The minimum Gasteiger partial charge on any atom is -0.493 e. The van der Waals surface area contributed by atoms with E-state index in [4.69, 9.17) is 13.9 Å². The van der Waals surface area contributed by atoms with Gasteiger partial charge in [0.2, 0.25) is 6.39 Å². The first-order chi connectivity index (χ1) is 16.6. The summed E-state index contributed by atoms with van der Waals surface area (Å²) in [6.45, 7) is 9.38. The van der Waals surface area contributed by atoms with Crippen molar-refractivity contribution in [1.29, 1.82) is 0 Å². The molecule has 0 amide bonds. The van der Waals surface area contributed by atoms with Crippen LogP contribution in [-0.2, 0) is 4.74 Å². The van der Waals surface area contributed by atoms with E-state index in [9.17, 15) is 0 Å². The Hall–Kier alpha value is -2.12. The normalized spacial score (nSPS) is 27.1. The van der Waals surface area contributed by atoms with Crippen LogP contribution in [0.1, 0.15) is 63.4 Å². The average molecular weight is 467 g/mol. The van der Waals surface area contributed by atoms with Crippen LogP contribution in [0, 0.1) is 10.8 Å². The van der Waals surface area contributed by atoms with Crippen LogP contribution in [0.15, 0.2) is 35.1 Å². The fourth-order valence-corrected chi connectivity index (χ4v) is 6.76. The van der Waals surface area contributed by atoms with Gasteiger partial charge in [-0.05, 0) is 75.6 Å². The summed E-state index contributed by atoms with van der Waals surface area (Å²) in [6.07, 6.45) is 10.0. The number of nitrogens with zero attached hydrogens (tertiary/aromatic N) is 4. The van der Waals surface area contributed by atoms with Crippen molar-refractivity contribution in [1.82, 2.24) is 15.1 Å². The second kappa shape index (κ2) is 9.15. The predicted octanol–water partition coefficient (Wildman–Crippen LogP) is 4.50. The zero-order valence-corrected chi connectivity index (χ0v) is 20.5. The van der Waals surface area contributed by atoms with Crippen LogP contribution in [0.4, 0.5) is 6.01 Å². The lowest BCUT2D eigenvalue weighted by Crippen LogP contribution is -2.56. The van der Waals surface area contributed by atoms with Crippen molar-refractivity contribution < 1.29 is 13.9 Å². The molecule has 0 radical (unpaired) electrons. The number of hydrogen-bond donors (Lipinski definition) is 0. The van der Waals surface area contributed by atoms with Gasteiger partial charge in [0.05, 0.1) is 6.61 Å². The van der Waals surface area contributed by atoms with Gasteiger partial charge in [-0.1, -0.05) is 30.2 Å². The fourth-order valence-electron chi connectivity index (χ4n) is 6.76. The molecule has 0 bridgehead atoms. The van der Waals surface area contributed by atoms with E-state index in [0.717, 1.165) is 57.5 Å². The third kappa shape index (κ3) is 4.44. The summed E-state index contributed by atoms with van der Waals surface area (Å²) in [5, 5.41) is 7.90. The molecule has 1 saturated carbocycles. The first-order valence-corrected chi connectivity index (χ1v) is 13.2. The van der Waals surface area contributed by atoms with E-state index >= 15 is 0 Å². The highest BCUT2D eigenvalue weighted by Crippen LogP contribution is 2.49. The number of benzene rings is 1. The Balaban J connectivity index is 1.02. The molecule has 4 fully saturated rings.